The lowest BCUT2D eigenvalue weighted by atomic mass is 9.87. The number of likely N-dealkylation sites (tertiary alicyclic amines) is 1. The third-order valence-corrected chi connectivity index (χ3v) is 5.04. The molecule has 0 unspecified atom stereocenters. The van der Waals surface area contributed by atoms with Crippen molar-refractivity contribution >= 4 is 0 Å². The topological polar surface area (TPSA) is 42.3 Å². The first-order chi connectivity index (χ1) is 11.7. The lowest BCUT2D eigenvalue weighted by Crippen LogP contribution is -2.41. The van der Waals surface area contributed by atoms with Crippen LogP contribution in [-0.2, 0) is 13.6 Å². The molecule has 2 heterocycles. The van der Waals surface area contributed by atoms with Gasteiger partial charge in [0.1, 0.15) is 5.75 Å². The lowest BCUT2D eigenvalue weighted by Gasteiger charge is -2.39. The highest BCUT2D eigenvalue weighted by atomic mass is 16.5. The van der Waals surface area contributed by atoms with Gasteiger partial charge in [-0.1, -0.05) is 12.1 Å². The number of nitrogens with one attached hydrogen (secondary N) is 1. The fourth-order valence-corrected chi connectivity index (χ4v) is 3.80. The van der Waals surface area contributed by atoms with Crippen LogP contribution >= 0.6 is 0 Å². The van der Waals surface area contributed by atoms with Gasteiger partial charge in [-0.15, -0.1) is 0 Å². The molecular formula is C19H28N4O. The summed E-state index contributed by atoms with van der Waals surface area (Å²) in [6.45, 7) is 3.04. The Balaban J connectivity index is 1.63. The molecule has 1 N–H and O–H groups in total. The smallest absolute Gasteiger partial charge is 0.119 e. The standard InChI is InChI=1S/C19H28N4O/c1-22-11-5-7-16(19(22)18-9-10-21-23(18)2)14-20-13-15-6-4-8-17(12-15)24-3/h4,6,8-10,12,16,19-20H,5,7,11,13-14H2,1-3H3/t16-,19+/m0/s1. The highest BCUT2D eigenvalue weighted by molar-refractivity contribution is 5.28. The number of hydrogen-bond donors (Lipinski definition) is 1. The van der Waals surface area contributed by atoms with Gasteiger partial charge < -0.3 is 10.1 Å². The maximum Gasteiger partial charge on any atom is 0.119 e. The zero-order valence-electron chi connectivity index (χ0n) is 14.9. The molecule has 1 aromatic carbocycles. The molecule has 130 valence electrons. The summed E-state index contributed by atoms with van der Waals surface area (Å²) in [4.78, 5) is 2.47. The Morgan fingerprint density at radius 2 is 2.17 bits per heavy atom. The summed E-state index contributed by atoms with van der Waals surface area (Å²) in [7, 11) is 5.98. The van der Waals surface area contributed by atoms with Crippen LogP contribution in [-0.4, -0.2) is 41.9 Å². The Bertz CT molecular complexity index is 654. The molecule has 1 saturated heterocycles. The van der Waals surface area contributed by atoms with Gasteiger partial charge in [-0.3, -0.25) is 9.58 Å². The predicted molar refractivity (Wildman–Crippen MR) is 96.0 cm³/mol. The normalized spacial score (nSPS) is 21.8. The van der Waals surface area contributed by atoms with Gasteiger partial charge in [0.15, 0.2) is 0 Å². The van der Waals surface area contributed by atoms with Crippen LogP contribution in [0.25, 0.3) is 0 Å². The molecule has 1 aliphatic heterocycles. The van der Waals surface area contributed by atoms with Crippen LogP contribution in [0.2, 0.25) is 0 Å². The molecule has 3 rings (SSSR count). The van der Waals surface area contributed by atoms with Crippen molar-refractivity contribution in [1.29, 1.82) is 0 Å². The van der Waals surface area contributed by atoms with E-state index < -0.39 is 0 Å². The van der Waals surface area contributed by atoms with Crippen molar-refractivity contribution in [2.24, 2.45) is 13.0 Å². The van der Waals surface area contributed by atoms with Crippen molar-refractivity contribution in [3.8, 4) is 5.75 Å². The molecule has 0 aliphatic carbocycles. The van der Waals surface area contributed by atoms with E-state index in [1.54, 1.807) is 7.11 Å². The Morgan fingerprint density at radius 1 is 1.29 bits per heavy atom. The zero-order valence-corrected chi connectivity index (χ0v) is 14.9. The van der Waals surface area contributed by atoms with Gasteiger partial charge in [0, 0.05) is 26.3 Å². The van der Waals surface area contributed by atoms with Gasteiger partial charge in [0.2, 0.25) is 0 Å². The fourth-order valence-electron chi connectivity index (χ4n) is 3.80. The summed E-state index contributed by atoms with van der Waals surface area (Å²) in [5, 5.41) is 8.01. The number of ether oxygens (including phenoxy) is 1. The van der Waals surface area contributed by atoms with Crippen molar-refractivity contribution in [2.45, 2.75) is 25.4 Å². The van der Waals surface area contributed by atoms with E-state index in [1.165, 1.54) is 24.1 Å². The fraction of sp³-hybridized carbons (Fsp3) is 0.526. The lowest BCUT2D eigenvalue weighted by molar-refractivity contribution is 0.113. The second-order valence-corrected chi connectivity index (χ2v) is 6.69. The molecule has 5 heteroatoms. The summed E-state index contributed by atoms with van der Waals surface area (Å²) in [5.41, 5.74) is 2.57. The van der Waals surface area contributed by atoms with Crippen molar-refractivity contribution in [1.82, 2.24) is 20.0 Å². The van der Waals surface area contributed by atoms with E-state index in [2.05, 4.69) is 40.6 Å². The van der Waals surface area contributed by atoms with E-state index >= 15 is 0 Å². The third kappa shape index (κ3) is 3.79. The van der Waals surface area contributed by atoms with E-state index in [4.69, 9.17) is 4.74 Å². The average molecular weight is 328 g/mol. The molecule has 24 heavy (non-hydrogen) atoms. The minimum Gasteiger partial charge on any atom is -0.497 e. The highest BCUT2D eigenvalue weighted by Crippen LogP contribution is 2.34. The molecule has 0 saturated carbocycles. The summed E-state index contributed by atoms with van der Waals surface area (Å²) in [6.07, 6.45) is 4.42. The van der Waals surface area contributed by atoms with E-state index in [0.717, 1.165) is 25.4 Å². The number of aromatic nitrogens is 2. The monoisotopic (exact) mass is 328 g/mol. The van der Waals surface area contributed by atoms with Gasteiger partial charge in [-0.2, -0.15) is 5.10 Å². The molecule has 0 amide bonds. The molecule has 1 fully saturated rings. The van der Waals surface area contributed by atoms with Crippen molar-refractivity contribution in [2.75, 3.05) is 27.2 Å². The van der Waals surface area contributed by atoms with Crippen LogP contribution in [0.5, 0.6) is 5.75 Å². The number of rotatable bonds is 6. The minimum atomic E-state index is 0.434. The van der Waals surface area contributed by atoms with Gasteiger partial charge >= 0.3 is 0 Å². The van der Waals surface area contributed by atoms with Crippen LogP contribution in [0.15, 0.2) is 36.5 Å². The number of benzene rings is 1. The Kier molecular flexibility index (Phi) is 5.53. The Hall–Kier alpha value is -1.85. The molecule has 1 aromatic heterocycles. The second kappa shape index (κ2) is 7.81. The van der Waals surface area contributed by atoms with Crippen LogP contribution in [0.1, 0.15) is 30.1 Å². The molecule has 0 spiro atoms. The van der Waals surface area contributed by atoms with Crippen molar-refractivity contribution in [3.05, 3.63) is 47.8 Å². The largest absolute Gasteiger partial charge is 0.497 e. The van der Waals surface area contributed by atoms with E-state index in [9.17, 15) is 0 Å². The number of hydrogen-bond acceptors (Lipinski definition) is 4. The van der Waals surface area contributed by atoms with Crippen molar-refractivity contribution in [3.63, 3.8) is 0 Å². The minimum absolute atomic E-state index is 0.434. The van der Waals surface area contributed by atoms with Gasteiger partial charge in [-0.25, -0.2) is 0 Å². The van der Waals surface area contributed by atoms with Crippen LogP contribution in [0.3, 0.4) is 0 Å². The second-order valence-electron chi connectivity index (χ2n) is 6.69. The van der Waals surface area contributed by atoms with Crippen LogP contribution in [0, 0.1) is 5.92 Å². The predicted octanol–water partition coefficient (Wildman–Crippen LogP) is 2.60. The first-order valence-electron chi connectivity index (χ1n) is 8.71. The van der Waals surface area contributed by atoms with E-state index in [1.807, 2.05) is 30.1 Å². The Morgan fingerprint density at radius 3 is 2.92 bits per heavy atom. The van der Waals surface area contributed by atoms with Gasteiger partial charge in [0.25, 0.3) is 0 Å². The molecule has 2 atom stereocenters. The molecular weight excluding hydrogens is 300 g/mol. The Labute approximate surface area is 144 Å². The van der Waals surface area contributed by atoms with E-state index in [-0.39, 0.29) is 0 Å². The zero-order chi connectivity index (χ0) is 16.9. The third-order valence-electron chi connectivity index (χ3n) is 5.04. The molecule has 1 aliphatic rings. The number of piperidine rings is 1. The van der Waals surface area contributed by atoms with Gasteiger partial charge in [-0.05, 0) is 56.1 Å². The number of aryl methyl sites for hydroxylation is 1. The first kappa shape index (κ1) is 17.0. The summed E-state index contributed by atoms with van der Waals surface area (Å²) >= 11 is 0. The number of methoxy groups -OCH3 is 1. The number of nitrogens with zero attached hydrogens (tertiary/aromatic N) is 3. The molecule has 2 aromatic rings. The maximum atomic E-state index is 5.30. The molecule has 0 radical (unpaired) electrons. The van der Waals surface area contributed by atoms with E-state index in [0.29, 0.717) is 12.0 Å². The SMILES string of the molecule is COc1cccc(CNC[C@@H]2CCCN(C)[C@H]2c2ccnn2C)c1. The maximum absolute atomic E-state index is 5.30. The average Bonchev–Trinajstić information content (AvgIpc) is 3.01. The molecule has 0 bridgehead atoms. The summed E-state index contributed by atoms with van der Waals surface area (Å²) in [6, 6.07) is 10.9. The molecule has 5 nitrogen and oxygen atoms in total. The summed E-state index contributed by atoms with van der Waals surface area (Å²) < 4.78 is 7.32. The quantitative estimate of drug-likeness (QED) is 0.885. The van der Waals surface area contributed by atoms with Gasteiger partial charge in [0.05, 0.1) is 18.8 Å². The van der Waals surface area contributed by atoms with Crippen molar-refractivity contribution < 1.29 is 4.74 Å². The van der Waals surface area contributed by atoms with Crippen LogP contribution in [0.4, 0.5) is 0 Å². The van der Waals surface area contributed by atoms with Crippen LogP contribution < -0.4 is 10.1 Å². The highest BCUT2D eigenvalue weighted by Gasteiger charge is 2.31. The first-order valence-corrected chi connectivity index (χ1v) is 8.71. The summed E-state index contributed by atoms with van der Waals surface area (Å²) in [5.74, 6) is 1.52.